The maximum absolute atomic E-state index is 5.49. The molecule has 1 aromatic carbocycles. The van der Waals surface area contributed by atoms with Crippen LogP contribution in [-0.4, -0.2) is 4.98 Å². The smallest absolute Gasteiger partial charge is 0.181 e. The van der Waals surface area contributed by atoms with E-state index < -0.39 is 0 Å². The molecule has 0 aliphatic carbocycles. The number of nitrogens with two attached hydrogens (primary N) is 1. The van der Waals surface area contributed by atoms with Crippen LogP contribution in [0.25, 0.3) is 11.1 Å². The summed E-state index contributed by atoms with van der Waals surface area (Å²) in [5, 5.41) is 0. The fourth-order valence-corrected chi connectivity index (χ4v) is 1.11. The molecule has 2 N–H and O–H groups in total. The molecular formula is C8H9ClN2O. The molecule has 0 amide bonds. The average Bonchev–Trinajstić information content (AvgIpc) is 2.50. The lowest BCUT2D eigenvalue weighted by atomic mass is 10.2. The molecule has 12 heavy (non-hydrogen) atoms. The zero-order valence-electron chi connectivity index (χ0n) is 6.36. The monoisotopic (exact) mass is 184 g/mol. The number of fused-ring (bicyclic) bond motifs is 1. The van der Waals surface area contributed by atoms with Crippen molar-refractivity contribution in [2.45, 2.75) is 6.54 Å². The van der Waals surface area contributed by atoms with Gasteiger partial charge in [0.05, 0.1) is 0 Å². The highest BCUT2D eigenvalue weighted by atomic mass is 35.5. The van der Waals surface area contributed by atoms with Crippen LogP contribution in [0.15, 0.2) is 29.0 Å². The zero-order valence-corrected chi connectivity index (χ0v) is 7.17. The predicted molar refractivity (Wildman–Crippen MR) is 49.1 cm³/mol. The first-order chi connectivity index (χ1) is 5.42. The normalized spacial score (nSPS) is 9.75. The molecule has 0 saturated heterocycles. The second kappa shape index (κ2) is 3.56. The highest BCUT2D eigenvalue weighted by Gasteiger charge is 2.01. The SMILES string of the molecule is Cl.NCc1cccc2ncoc12. The van der Waals surface area contributed by atoms with E-state index in [1.807, 2.05) is 18.2 Å². The topological polar surface area (TPSA) is 52.0 Å². The van der Waals surface area contributed by atoms with Crippen molar-refractivity contribution in [2.24, 2.45) is 5.73 Å². The average molecular weight is 185 g/mol. The van der Waals surface area contributed by atoms with E-state index in [1.165, 1.54) is 6.39 Å². The molecule has 4 heteroatoms. The van der Waals surface area contributed by atoms with E-state index in [0.717, 1.165) is 16.7 Å². The number of halogens is 1. The van der Waals surface area contributed by atoms with Gasteiger partial charge in [-0.2, -0.15) is 0 Å². The standard InChI is InChI=1S/C8H8N2O.ClH/c9-4-6-2-1-3-7-8(6)11-5-10-7;/h1-3,5H,4,9H2;1H. The third kappa shape index (κ3) is 1.29. The third-order valence-corrected chi connectivity index (χ3v) is 1.66. The van der Waals surface area contributed by atoms with Crippen molar-refractivity contribution in [2.75, 3.05) is 0 Å². The minimum absolute atomic E-state index is 0. The Morgan fingerprint density at radius 1 is 1.42 bits per heavy atom. The molecular weight excluding hydrogens is 176 g/mol. The van der Waals surface area contributed by atoms with Crippen LogP contribution in [0.2, 0.25) is 0 Å². The first-order valence-corrected chi connectivity index (χ1v) is 3.43. The fourth-order valence-electron chi connectivity index (χ4n) is 1.11. The molecule has 0 spiro atoms. The van der Waals surface area contributed by atoms with Crippen LogP contribution in [0, 0.1) is 0 Å². The summed E-state index contributed by atoms with van der Waals surface area (Å²) < 4.78 is 5.15. The lowest BCUT2D eigenvalue weighted by Crippen LogP contribution is -1.95. The van der Waals surface area contributed by atoms with Crippen molar-refractivity contribution >= 4 is 23.5 Å². The first kappa shape index (κ1) is 9.03. The lowest BCUT2D eigenvalue weighted by Gasteiger charge is -1.94. The van der Waals surface area contributed by atoms with E-state index in [9.17, 15) is 0 Å². The molecule has 0 unspecified atom stereocenters. The van der Waals surface area contributed by atoms with Crippen LogP contribution in [0.3, 0.4) is 0 Å². The Morgan fingerprint density at radius 2 is 2.25 bits per heavy atom. The summed E-state index contributed by atoms with van der Waals surface area (Å²) in [6.07, 6.45) is 1.43. The number of rotatable bonds is 1. The second-order valence-corrected chi connectivity index (χ2v) is 2.32. The second-order valence-electron chi connectivity index (χ2n) is 2.32. The molecule has 0 aliphatic heterocycles. The number of nitrogens with zero attached hydrogens (tertiary/aromatic N) is 1. The van der Waals surface area contributed by atoms with E-state index in [-0.39, 0.29) is 12.4 Å². The molecule has 0 saturated carbocycles. The lowest BCUT2D eigenvalue weighted by molar-refractivity contribution is 0.598. The quantitative estimate of drug-likeness (QED) is 0.734. The van der Waals surface area contributed by atoms with E-state index in [1.54, 1.807) is 0 Å². The summed E-state index contributed by atoms with van der Waals surface area (Å²) in [4.78, 5) is 4.01. The van der Waals surface area contributed by atoms with Crippen LogP contribution in [0.4, 0.5) is 0 Å². The van der Waals surface area contributed by atoms with E-state index in [0.29, 0.717) is 6.54 Å². The highest BCUT2D eigenvalue weighted by Crippen LogP contribution is 2.15. The Hall–Kier alpha value is -1.06. The van der Waals surface area contributed by atoms with Crippen molar-refractivity contribution < 1.29 is 4.42 Å². The molecule has 0 fully saturated rings. The Balaban J connectivity index is 0.000000720. The fraction of sp³-hybridized carbons (Fsp3) is 0.125. The summed E-state index contributed by atoms with van der Waals surface area (Å²) in [5.41, 5.74) is 8.16. The van der Waals surface area contributed by atoms with Gasteiger partial charge in [-0.05, 0) is 6.07 Å². The van der Waals surface area contributed by atoms with E-state index >= 15 is 0 Å². The predicted octanol–water partition coefficient (Wildman–Crippen LogP) is 1.71. The van der Waals surface area contributed by atoms with Crippen molar-refractivity contribution in [1.82, 2.24) is 4.98 Å². The van der Waals surface area contributed by atoms with Crippen LogP contribution >= 0.6 is 12.4 Å². The molecule has 0 aliphatic rings. The van der Waals surface area contributed by atoms with Crippen LogP contribution in [0.1, 0.15) is 5.56 Å². The van der Waals surface area contributed by atoms with Gasteiger partial charge >= 0.3 is 0 Å². The molecule has 0 bridgehead atoms. The number of aromatic nitrogens is 1. The van der Waals surface area contributed by atoms with Crippen molar-refractivity contribution in [3.05, 3.63) is 30.2 Å². The summed E-state index contributed by atoms with van der Waals surface area (Å²) in [7, 11) is 0. The number of para-hydroxylation sites is 1. The van der Waals surface area contributed by atoms with Crippen molar-refractivity contribution in [1.29, 1.82) is 0 Å². The molecule has 0 radical (unpaired) electrons. The Bertz CT molecular complexity index is 372. The van der Waals surface area contributed by atoms with Gasteiger partial charge < -0.3 is 10.2 Å². The van der Waals surface area contributed by atoms with Crippen LogP contribution in [0.5, 0.6) is 0 Å². The van der Waals surface area contributed by atoms with Gasteiger partial charge in [-0.3, -0.25) is 0 Å². The first-order valence-electron chi connectivity index (χ1n) is 3.43. The molecule has 1 aromatic heterocycles. The van der Waals surface area contributed by atoms with Gasteiger partial charge in [-0.25, -0.2) is 4.98 Å². The number of oxazole rings is 1. The molecule has 3 nitrogen and oxygen atoms in total. The van der Waals surface area contributed by atoms with E-state index in [2.05, 4.69) is 4.98 Å². The van der Waals surface area contributed by atoms with Gasteiger partial charge in [-0.15, -0.1) is 12.4 Å². The highest BCUT2D eigenvalue weighted by molar-refractivity contribution is 5.85. The minimum atomic E-state index is 0. The van der Waals surface area contributed by atoms with Crippen molar-refractivity contribution in [3.63, 3.8) is 0 Å². The summed E-state index contributed by atoms with van der Waals surface area (Å²) in [5.74, 6) is 0. The molecule has 2 rings (SSSR count). The molecule has 1 heterocycles. The third-order valence-electron chi connectivity index (χ3n) is 1.66. The zero-order chi connectivity index (χ0) is 7.68. The van der Waals surface area contributed by atoms with Gasteiger partial charge in [0, 0.05) is 12.1 Å². The van der Waals surface area contributed by atoms with Gasteiger partial charge in [-0.1, -0.05) is 12.1 Å². The number of hydrogen-bond donors (Lipinski definition) is 1. The van der Waals surface area contributed by atoms with E-state index in [4.69, 9.17) is 10.2 Å². The van der Waals surface area contributed by atoms with Crippen LogP contribution < -0.4 is 5.73 Å². The van der Waals surface area contributed by atoms with Crippen LogP contribution in [-0.2, 0) is 6.54 Å². The van der Waals surface area contributed by atoms with Gasteiger partial charge in [0.15, 0.2) is 12.0 Å². The van der Waals surface area contributed by atoms with Gasteiger partial charge in [0.2, 0.25) is 0 Å². The summed E-state index contributed by atoms with van der Waals surface area (Å²) in [6.45, 7) is 0.493. The summed E-state index contributed by atoms with van der Waals surface area (Å²) >= 11 is 0. The number of benzene rings is 1. The Labute approximate surface area is 76.0 Å². The molecule has 2 aromatic rings. The maximum atomic E-state index is 5.49. The molecule has 0 atom stereocenters. The molecule has 64 valence electrons. The van der Waals surface area contributed by atoms with Crippen molar-refractivity contribution in [3.8, 4) is 0 Å². The minimum Gasteiger partial charge on any atom is -0.443 e. The van der Waals surface area contributed by atoms with Gasteiger partial charge in [0.1, 0.15) is 5.52 Å². The maximum Gasteiger partial charge on any atom is 0.181 e. The Kier molecular flexibility index (Phi) is 2.68. The van der Waals surface area contributed by atoms with Gasteiger partial charge in [0.25, 0.3) is 0 Å². The Morgan fingerprint density at radius 3 is 3.00 bits per heavy atom. The largest absolute Gasteiger partial charge is 0.443 e. The summed E-state index contributed by atoms with van der Waals surface area (Å²) in [6, 6.07) is 5.76. The number of hydrogen-bond acceptors (Lipinski definition) is 3.